The minimum Gasteiger partial charge on any atom is -0.489 e. The van der Waals surface area contributed by atoms with Crippen molar-refractivity contribution in [2.75, 3.05) is 13.2 Å². The first kappa shape index (κ1) is 26.1. The van der Waals surface area contributed by atoms with E-state index in [2.05, 4.69) is 15.3 Å². The van der Waals surface area contributed by atoms with E-state index >= 15 is 0 Å². The Labute approximate surface area is 219 Å². The van der Waals surface area contributed by atoms with E-state index in [9.17, 15) is 27.2 Å². The second-order valence-electron chi connectivity index (χ2n) is 9.66. The molecular weight excluding hydrogens is 518 g/mol. The molecule has 1 aromatic carbocycles. The molecule has 0 radical (unpaired) electrons. The van der Waals surface area contributed by atoms with Crippen LogP contribution < -0.4 is 15.8 Å². The standard InChI is InChI=1S/C27H23F4N5O3/c1-14-7-8-36-12-20(34-21(36)9-14)24(37)33-11-18(27(29,30)31)19-10-17-23(39-13-26(17,2)25(32)38)22(35-19)15-3-5-16(28)6-4-15/h3-10,12,18H,11,13H2,1-2H3,(H2,32,38)(H,33,37)/t18-,26+/m1/s1. The predicted octanol–water partition coefficient (Wildman–Crippen LogP) is 4.06. The van der Waals surface area contributed by atoms with Crippen molar-refractivity contribution in [2.45, 2.75) is 31.4 Å². The third kappa shape index (κ3) is 4.77. The van der Waals surface area contributed by atoms with E-state index in [4.69, 9.17) is 10.5 Å². The number of imidazole rings is 1. The fourth-order valence-electron chi connectivity index (χ4n) is 4.46. The van der Waals surface area contributed by atoms with Gasteiger partial charge in [-0.2, -0.15) is 13.2 Å². The smallest absolute Gasteiger partial charge is 0.398 e. The van der Waals surface area contributed by atoms with Crippen LogP contribution in [0.2, 0.25) is 0 Å². The molecule has 1 aliphatic rings. The summed E-state index contributed by atoms with van der Waals surface area (Å²) in [6.07, 6.45) is -1.72. The number of benzene rings is 1. The molecular formula is C27H23F4N5O3. The van der Waals surface area contributed by atoms with Crippen molar-refractivity contribution in [1.29, 1.82) is 0 Å². The van der Waals surface area contributed by atoms with E-state index in [1.807, 2.05) is 6.92 Å². The molecule has 5 rings (SSSR count). The Morgan fingerprint density at radius 3 is 2.56 bits per heavy atom. The number of ether oxygens (including phenoxy) is 1. The van der Waals surface area contributed by atoms with Gasteiger partial charge in [0.1, 0.15) is 46.5 Å². The van der Waals surface area contributed by atoms with E-state index in [0.717, 1.165) is 23.8 Å². The van der Waals surface area contributed by atoms with Crippen LogP contribution in [0.25, 0.3) is 16.9 Å². The third-order valence-electron chi connectivity index (χ3n) is 6.82. The zero-order valence-corrected chi connectivity index (χ0v) is 20.8. The Morgan fingerprint density at radius 1 is 1.18 bits per heavy atom. The number of aromatic nitrogens is 3. The van der Waals surface area contributed by atoms with Crippen LogP contribution in [0.5, 0.6) is 5.75 Å². The lowest BCUT2D eigenvalue weighted by Gasteiger charge is -2.23. The maximum Gasteiger partial charge on any atom is 0.398 e. The van der Waals surface area contributed by atoms with E-state index in [1.54, 1.807) is 22.7 Å². The molecule has 4 aromatic rings. The quantitative estimate of drug-likeness (QED) is 0.358. The number of amides is 2. The lowest BCUT2D eigenvalue weighted by Crippen LogP contribution is -2.40. The van der Waals surface area contributed by atoms with Gasteiger partial charge in [-0.25, -0.2) is 14.4 Å². The van der Waals surface area contributed by atoms with E-state index < -0.39 is 47.4 Å². The van der Waals surface area contributed by atoms with Crippen molar-refractivity contribution in [2.24, 2.45) is 5.73 Å². The Kier molecular flexibility index (Phi) is 6.28. The largest absolute Gasteiger partial charge is 0.489 e. The minimum atomic E-state index is -4.83. The molecule has 3 N–H and O–H groups in total. The SMILES string of the molecule is Cc1ccn2cc(C(=O)NC[C@H](c3cc4c(c(-c5ccc(F)cc5)n3)OC[C@]4(C)C(N)=O)C(F)(F)F)nc2c1. The Balaban J connectivity index is 1.54. The molecule has 0 saturated heterocycles. The number of primary amides is 1. The Morgan fingerprint density at radius 2 is 1.90 bits per heavy atom. The van der Waals surface area contributed by atoms with E-state index in [1.165, 1.54) is 25.3 Å². The van der Waals surface area contributed by atoms with Crippen LogP contribution in [0.4, 0.5) is 17.6 Å². The lowest BCUT2D eigenvalue weighted by atomic mass is 9.82. The van der Waals surface area contributed by atoms with Gasteiger partial charge in [0.25, 0.3) is 5.91 Å². The summed E-state index contributed by atoms with van der Waals surface area (Å²) in [7, 11) is 0. The molecule has 3 aromatic heterocycles. The molecule has 0 bridgehead atoms. The van der Waals surface area contributed by atoms with Crippen LogP contribution in [0, 0.1) is 12.7 Å². The monoisotopic (exact) mass is 541 g/mol. The number of fused-ring (bicyclic) bond motifs is 2. The van der Waals surface area contributed by atoms with Gasteiger partial charge < -0.3 is 20.2 Å². The van der Waals surface area contributed by atoms with Gasteiger partial charge in [0.15, 0.2) is 0 Å². The van der Waals surface area contributed by atoms with Crippen molar-refractivity contribution in [3.05, 3.63) is 83.2 Å². The highest BCUT2D eigenvalue weighted by Crippen LogP contribution is 2.46. The molecule has 0 unspecified atom stereocenters. The molecule has 1 aliphatic heterocycles. The summed E-state index contributed by atoms with van der Waals surface area (Å²) in [6, 6.07) is 9.64. The first-order chi connectivity index (χ1) is 18.4. The summed E-state index contributed by atoms with van der Waals surface area (Å²) in [5.74, 6) is -4.29. The summed E-state index contributed by atoms with van der Waals surface area (Å²) in [6.45, 7) is 2.27. The van der Waals surface area contributed by atoms with Gasteiger partial charge in [0, 0.05) is 30.1 Å². The molecule has 2 atom stereocenters. The number of hydrogen-bond donors (Lipinski definition) is 2. The van der Waals surface area contributed by atoms with Gasteiger partial charge in [-0.05, 0) is 61.9 Å². The molecule has 0 spiro atoms. The van der Waals surface area contributed by atoms with Crippen LogP contribution in [0.1, 0.15) is 40.2 Å². The van der Waals surface area contributed by atoms with Gasteiger partial charge >= 0.3 is 6.18 Å². The number of alkyl halides is 3. The number of carbonyl (C=O) groups excluding carboxylic acids is 2. The number of halogens is 4. The van der Waals surface area contributed by atoms with Crippen LogP contribution >= 0.6 is 0 Å². The van der Waals surface area contributed by atoms with Crippen LogP contribution in [-0.2, 0) is 10.2 Å². The molecule has 39 heavy (non-hydrogen) atoms. The predicted molar refractivity (Wildman–Crippen MR) is 133 cm³/mol. The van der Waals surface area contributed by atoms with Crippen molar-refractivity contribution >= 4 is 17.5 Å². The molecule has 8 nitrogen and oxygen atoms in total. The Bertz CT molecular complexity index is 1600. The first-order valence-corrected chi connectivity index (χ1v) is 11.9. The summed E-state index contributed by atoms with van der Waals surface area (Å²) in [5.41, 5.74) is 5.47. The number of hydrogen-bond acceptors (Lipinski definition) is 5. The first-order valence-electron chi connectivity index (χ1n) is 11.9. The van der Waals surface area contributed by atoms with Crippen LogP contribution in [0.3, 0.4) is 0 Å². The van der Waals surface area contributed by atoms with Gasteiger partial charge in [0.05, 0.1) is 5.69 Å². The highest BCUT2D eigenvalue weighted by Gasteiger charge is 2.47. The van der Waals surface area contributed by atoms with E-state index in [-0.39, 0.29) is 34.9 Å². The summed E-state index contributed by atoms with van der Waals surface area (Å²) in [4.78, 5) is 33.5. The number of rotatable bonds is 6. The van der Waals surface area contributed by atoms with Crippen molar-refractivity contribution in [1.82, 2.24) is 19.7 Å². The molecule has 4 heterocycles. The fraction of sp³-hybridized carbons (Fsp3) is 0.259. The summed E-state index contributed by atoms with van der Waals surface area (Å²) < 4.78 is 64.0. The van der Waals surface area contributed by atoms with Crippen LogP contribution in [0.15, 0.2) is 54.9 Å². The number of carbonyl (C=O) groups is 2. The average Bonchev–Trinajstić information content (AvgIpc) is 3.45. The van der Waals surface area contributed by atoms with Crippen molar-refractivity contribution < 1.29 is 31.9 Å². The highest BCUT2D eigenvalue weighted by atomic mass is 19.4. The molecule has 0 saturated carbocycles. The summed E-state index contributed by atoms with van der Waals surface area (Å²) >= 11 is 0. The molecule has 0 aliphatic carbocycles. The number of nitrogens with zero attached hydrogens (tertiary/aromatic N) is 3. The Hall–Kier alpha value is -4.48. The maximum atomic E-state index is 14.4. The van der Waals surface area contributed by atoms with Gasteiger partial charge in [-0.15, -0.1) is 0 Å². The zero-order chi connectivity index (χ0) is 28.1. The van der Waals surface area contributed by atoms with Crippen molar-refractivity contribution in [3.8, 4) is 17.0 Å². The number of aryl methyl sites for hydroxylation is 1. The molecule has 202 valence electrons. The highest BCUT2D eigenvalue weighted by molar-refractivity contribution is 5.93. The average molecular weight is 542 g/mol. The molecule has 0 fully saturated rings. The minimum absolute atomic E-state index is 0.00349. The number of pyridine rings is 2. The fourth-order valence-corrected chi connectivity index (χ4v) is 4.46. The molecule has 2 amide bonds. The van der Waals surface area contributed by atoms with E-state index in [0.29, 0.717) is 5.65 Å². The third-order valence-corrected chi connectivity index (χ3v) is 6.82. The second kappa shape index (κ2) is 9.37. The maximum absolute atomic E-state index is 14.4. The van der Waals surface area contributed by atoms with Gasteiger partial charge in [0.2, 0.25) is 5.91 Å². The second-order valence-corrected chi connectivity index (χ2v) is 9.66. The lowest BCUT2D eigenvalue weighted by molar-refractivity contribution is -0.149. The number of nitrogens with two attached hydrogens (primary N) is 1. The summed E-state index contributed by atoms with van der Waals surface area (Å²) in [5, 5.41) is 2.31. The van der Waals surface area contributed by atoms with Gasteiger partial charge in [-0.3, -0.25) is 9.59 Å². The topological polar surface area (TPSA) is 112 Å². The zero-order valence-electron chi connectivity index (χ0n) is 20.8. The normalized spacial score (nSPS) is 17.5. The molecule has 12 heteroatoms. The van der Waals surface area contributed by atoms with Crippen LogP contribution in [-0.4, -0.2) is 45.5 Å². The van der Waals surface area contributed by atoms with Crippen molar-refractivity contribution in [3.63, 3.8) is 0 Å². The van der Waals surface area contributed by atoms with Gasteiger partial charge in [-0.1, -0.05) is 0 Å². The number of nitrogens with one attached hydrogen (secondary N) is 1.